The average Bonchev–Trinajstić information content (AvgIpc) is 2.68. The van der Waals surface area contributed by atoms with Crippen molar-refractivity contribution in [3.8, 4) is 0 Å². The van der Waals surface area contributed by atoms with Gasteiger partial charge in [-0.25, -0.2) is 8.42 Å². The Morgan fingerprint density at radius 2 is 2.17 bits per heavy atom. The van der Waals surface area contributed by atoms with Crippen LogP contribution in [-0.4, -0.2) is 42.3 Å². The maximum atomic E-state index is 11.6. The van der Waals surface area contributed by atoms with Crippen LogP contribution in [0, 0.1) is 0 Å². The highest BCUT2D eigenvalue weighted by Gasteiger charge is 2.25. The molecule has 5 nitrogen and oxygen atoms in total. The van der Waals surface area contributed by atoms with E-state index in [0.717, 1.165) is 25.1 Å². The second-order valence-corrected chi connectivity index (χ2v) is 7.09. The minimum Gasteiger partial charge on any atom is -0.313 e. The first-order valence-corrected chi connectivity index (χ1v) is 8.20. The van der Waals surface area contributed by atoms with E-state index in [2.05, 4.69) is 10.4 Å². The fourth-order valence-electron chi connectivity index (χ4n) is 2.01. The highest BCUT2D eigenvalue weighted by Crippen LogP contribution is 2.12. The molecular formula is C12H23N3O2S. The largest absolute Gasteiger partial charge is 0.313 e. The molecule has 0 saturated carbocycles. The molecule has 0 fully saturated rings. The quantitative estimate of drug-likeness (QED) is 0.797. The fraction of sp³-hybridized carbons (Fsp3) is 0.750. The van der Waals surface area contributed by atoms with Gasteiger partial charge in [-0.2, -0.15) is 5.10 Å². The SMILES string of the molecule is CCNC(CCc1ccnn1C)C(C)S(C)(=O)=O. The molecule has 0 aliphatic carbocycles. The number of aryl methyl sites for hydroxylation is 2. The van der Waals surface area contributed by atoms with E-state index in [1.807, 2.05) is 24.7 Å². The van der Waals surface area contributed by atoms with Crippen LogP contribution in [0.5, 0.6) is 0 Å². The molecule has 0 aliphatic rings. The first kappa shape index (κ1) is 15.2. The van der Waals surface area contributed by atoms with Gasteiger partial charge in [-0.15, -0.1) is 0 Å². The highest BCUT2D eigenvalue weighted by molar-refractivity contribution is 7.91. The van der Waals surface area contributed by atoms with E-state index >= 15 is 0 Å². The second-order valence-electron chi connectivity index (χ2n) is 4.68. The first-order valence-electron chi connectivity index (χ1n) is 6.25. The van der Waals surface area contributed by atoms with E-state index in [4.69, 9.17) is 0 Å². The predicted molar refractivity (Wildman–Crippen MR) is 73.3 cm³/mol. The summed E-state index contributed by atoms with van der Waals surface area (Å²) in [6.45, 7) is 4.54. The van der Waals surface area contributed by atoms with Gasteiger partial charge < -0.3 is 5.32 Å². The number of hydrogen-bond donors (Lipinski definition) is 1. The zero-order chi connectivity index (χ0) is 13.8. The van der Waals surface area contributed by atoms with Gasteiger partial charge in [0, 0.05) is 31.2 Å². The molecule has 0 aliphatic heterocycles. The molecule has 104 valence electrons. The molecule has 18 heavy (non-hydrogen) atoms. The summed E-state index contributed by atoms with van der Waals surface area (Å²) in [4.78, 5) is 0. The Bertz CT molecular complexity index is 467. The Balaban J connectivity index is 2.67. The molecule has 2 atom stereocenters. The van der Waals surface area contributed by atoms with E-state index < -0.39 is 9.84 Å². The van der Waals surface area contributed by atoms with Crippen LogP contribution in [0.2, 0.25) is 0 Å². The van der Waals surface area contributed by atoms with Gasteiger partial charge >= 0.3 is 0 Å². The molecule has 1 rings (SSSR count). The van der Waals surface area contributed by atoms with Crippen molar-refractivity contribution in [2.24, 2.45) is 7.05 Å². The average molecular weight is 273 g/mol. The lowest BCUT2D eigenvalue weighted by atomic mass is 10.1. The number of rotatable bonds is 7. The van der Waals surface area contributed by atoms with Gasteiger partial charge in [0.25, 0.3) is 0 Å². The Kier molecular flexibility index (Phi) is 5.34. The molecule has 2 unspecified atom stereocenters. The molecule has 0 spiro atoms. The van der Waals surface area contributed by atoms with Crippen LogP contribution in [0.4, 0.5) is 0 Å². The van der Waals surface area contributed by atoms with Gasteiger partial charge in [-0.1, -0.05) is 6.92 Å². The number of sulfone groups is 1. The zero-order valence-electron chi connectivity index (χ0n) is 11.5. The monoisotopic (exact) mass is 273 g/mol. The van der Waals surface area contributed by atoms with Gasteiger partial charge in [0.15, 0.2) is 9.84 Å². The smallest absolute Gasteiger partial charge is 0.151 e. The van der Waals surface area contributed by atoms with Gasteiger partial charge in [0.2, 0.25) is 0 Å². The second kappa shape index (κ2) is 6.33. The van der Waals surface area contributed by atoms with Crippen molar-refractivity contribution in [2.75, 3.05) is 12.8 Å². The molecule has 6 heteroatoms. The van der Waals surface area contributed by atoms with Gasteiger partial charge in [0.1, 0.15) is 0 Å². The van der Waals surface area contributed by atoms with Gasteiger partial charge in [-0.05, 0) is 32.4 Å². The molecule has 1 heterocycles. The summed E-state index contributed by atoms with van der Waals surface area (Å²) in [5.74, 6) is 0. The summed E-state index contributed by atoms with van der Waals surface area (Å²) in [5, 5.41) is 7.00. The third-order valence-electron chi connectivity index (χ3n) is 3.34. The maximum absolute atomic E-state index is 11.6. The minimum absolute atomic E-state index is 0.0140. The van der Waals surface area contributed by atoms with Crippen LogP contribution in [-0.2, 0) is 23.3 Å². The topological polar surface area (TPSA) is 64.0 Å². The Morgan fingerprint density at radius 3 is 2.61 bits per heavy atom. The number of hydrogen-bond acceptors (Lipinski definition) is 4. The van der Waals surface area contributed by atoms with Crippen molar-refractivity contribution < 1.29 is 8.42 Å². The highest BCUT2D eigenvalue weighted by atomic mass is 32.2. The summed E-state index contributed by atoms with van der Waals surface area (Å²) < 4.78 is 25.1. The predicted octanol–water partition coefficient (Wildman–Crippen LogP) is 0.764. The Hall–Kier alpha value is -0.880. The van der Waals surface area contributed by atoms with Crippen LogP contribution in [0.25, 0.3) is 0 Å². The molecule has 1 aromatic rings. The number of nitrogens with one attached hydrogen (secondary N) is 1. The molecule has 0 amide bonds. The van der Waals surface area contributed by atoms with Crippen molar-refractivity contribution >= 4 is 9.84 Å². The Morgan fingerprint density at radius 1 is 1.50 bits per heavy atom. The van der Waals surface area contributed by atoms with Crippen LogP contribution in [0.1, 0.15) is 26.0 Å². The van der Waals surface area contributed by atoms with Gasteiger partial charge in [0.05, 0.1) is 5.25 Å². The van der Waals surface area contributed by atoms with E-state index in [1.54, 1.807) is 13.1 Å². The zero-order valence-corrected chi connectivity index (χ0v) is 12.4. The molecular weight excluding hydrogens is 250 g/mol. The standard InChI is InChI=1S/C12H23N3O2S/c1-5-13-12(10(2)18(4,16)17)7-6-11-8-9-14-15(11)3/h8-10,12-13H,5-7H2,1-4H3. The number of aromatic nitrogens is 2. The van der Waals surface area contributed by atoms with E-state index in [0.29, 0.717) is 0 Å². The maximum Gasteiger partial charge on any atom is 0.151 e. The normalized spacial score (nSPS) is 15.6. The molecule has 0 aromatic carbocycles. The number of nitrogens with zero attached hydrogens (tertiary/aromatic N) is 2. The lowest BCUT2D eigenvalue weighted by molar-refractivity contribution is 0.465. The summed E-state index contributed by atoms with van der Waals surface area (Å²) in [5.41, 5.74) is 1.12. The Labute approximate surface area is 109 Å². The first-order chi connectivity index (χ1) is 8.36. The molecule has 1 N–H and O–H groups in total. The fourth-order valence-corrected chi connectivity index (χ4v) is 2.84. The summed E-state index contributed by atoms with van der Waals surface area (Å²) in [6, 6.07) is 1.95. The lowest BCUT2D eigenvalue weighted by Crippen LogP contribution is -2.42. The third-order valence-corrected chi connectivity index (χ3v) is 5.02. The molecule has 0 radical (unpaired) electrons. The molecule has 1 aromatic heterocycles. The summed E-state index contributed by atoms with van der Waals surface area (Å²) in [7, 11) is -1.11. The minimum atomic E-state index is -3.01. The van der Waals surface area contributed by atoms with Crippen molar-refractivity contribution in [1.82, 2.24) is 15.1 Å². The summed E-state index contributed by atoms with van der Waals surface area (Å²) in [6.07, 6.45) is 4.68. The van der Waals surface area contributed by atoms with Crippen molar-refractivity contribution in [2.45, 2.75) is 38.0 Å². The van der Waals surface area contributed by atoms with Crippen LogP contribution in [0.3, 0.4) is 0 Å². The molecule has 0 bridgehead atoms. The van der Waals surface area contributed by atoms with Crippen LogP contribution >= 0.6 is 0 Å². The van der Waals surface area contributed by atoms with Crippen molar-refractivity contribution in [1.29, 1.82) is 0 Å². The van der Waals surface area contributed by atoms with Crippen LogP contribution in [0.15, 0.2) is 12.3 Å². The van der Waals surface area contributed by atoms with Crippen LogP contribution < -0.4 is 5.32 Å². The van der Waals surface area contributed by atoms with Gasteiger partial charge in [-0.3, -0.25) is 4.68 Å². The van der Waals surface area contributed by atoms with E-state index in [9.17, 15) is 8.42 Å². The van der Waals surface area contributed by atoms with Crippen molar-refractivity contribution in [3.63, 3.8) is 0 Å². The molecule has 0 saturated heterocycles. The lowest BCUT2D eigenvalue weighted by Gasteiger charge is -2.23. The summed E-state index contributed by atoms with van der Waals surface area (Å²) >= 11 is 0. The third kappa shape index (κ3) is 4.10. The van der Waals surface area contributed by atoms with E-state index in [1.165, 1.54) is 6.26 Å². The van der Waals surface area contributed by atoms with Crippen molar-refractivity contribution in [3.05, 3.63) is 18.0 Å². The van der Waals surface area contributed by atoms with E-state index in [-0.39, 0.29) is 11.3 Å².